The summed E-state index contributed by atoms with van der Waals surface area (Å²) in [6, 6.07) is 14.0. The second-order valence-corrected chi connectivity index (χ2v) is 6.28. The summed E-state index contributed by atoms with van der Waals surface area (Å²) in [6.07, 6.45) is 2.45. The highest BCUT2D eigenvalue weighted by atomic mass is 19.1. The van der Waals surface area contributed by atoms with Crippen LogP contribution in [-0.2, 0) is 6.42 Å². The summed E-state index contributed by atoms with van der Waals surface area (Å²) >= 11 is 0. The van der Waals surface area contributed by atoms with Gasteiger partial charge in [-0.25, -0.2) is 4.39 Å². The molecular formula is C20H22FN5O. The van der Waals surface area contributed by atoms with Gasteiger partial charge in [0, 0.05) is 12.2 Å². The number of rotatable bonds is 8. The number of nitrogens with one attached hydrogen (secondary N) is 2. The van der Waals surface area contributed by atoms with Gasteiger partial charge in [-0.3, -0.25) is 0 Å². The maximum atomic E-state index is 12.9. The predicted octanol–water partition coefficient (Wildman–Crippen LogP) is 4.20. The summed E-state index contributed by atoms with van der Waals surface area (Å²) in [4.78, 5) is 4.40. The lowest BCUT2D eigenvalue weighted by Gasteiger charge is -2.11. The average molecular weight is 367 g/mol. The minimum atomic E-state index is -0.230. The molecule has 0 spiro atoms. The molecule has 0 aliphatic carbocycles. The number of aromatic nitrogens is 3. The highest BCUT2D eigenvalue weighted by molar-refractivity contribution is 5.55. The molecular weight excluding hydrogens is 345 g/mol. The fourth-order valence-electron chi connectivity index (χ4n) is 2.45. The molecule has 0 radical (unpaired) electrons. The van der Waals surface area contributed by atoms with Gasteiger partial charge in [0.2, 0.25) is 5.95 Å². The number of anilines is 3. The molecule has 0 amide bonds. The maximum Gasteiger partial charge on any atom is 0.249 e. The summed E-state index contributed by atoms with van der Waals surface area (Å²) < 4.78 is 18.5. The van der Waals surface area contributed by atoms with Gasteiger partial charge in [-0.2, -0.15) is 10.1 Å². The van der Waals surface area contributed by atoms with Crippen LogP contribution in [0.15, 0.2) is 54.7 Å². The monoisotopic (exact) mass is 367 g/mol. The molecule has 2 N–H and O–H groups in total. The third-order valence-electron chi connectivity index (χ3n) is 3.67. The van der Waals surface area contributed by atoms with E-state index in [2.05, 4.69) is 25.8 Å². The second-order valence-electron chi connectivity index (χ2n) is 6.28. The van der Waals surface area contributed by atoms with Crippen molar-refractivity contribution < 1.29 is 9.13 Å². The molecule has 1 heterocycles. The number of nitrogens with zero attached hydrogens (tertiary/aromatic N) is 3. The van der Waals surface area contributed by atoms with Crippen molar-refractivity contribution in [1.29, 1.82) is 0 Å². The van der Waals surface area contributed by atoms with E-state index >= 15 is 0 Å². The minimum Gasteiger partial charge on any atom is -0.491 e. The molecule has 140 valence electrons. The van der Waals surface area contributed by atoms with Gasteiger partial charge in [0.1, 0.15) is 11.6 Å². The molecule has 6 nitrogen and oxygen atoms in total. The smallest absolute Gasteiger partial charge is 0.249 e. The fraction of sp³-hybridized carbons (Fsp3) is 0.250. The van der Waals surface area contributed by atoms with Crippen molar-refractivity contribution in [3.63, 3.8) is 0 Å². The van der Waals surface area contributed by atoms with Crippen LogP contribution >= 0.6 is 0 Å². The maximum absolute atomic E-state index is 12.9. The summed E-state index contributed by atoms with van der Waals surface area (Å²) in [5.74, 6) is 1.60. The molecule has 1 aromatic heterocycles. The van der Waals surface area contributed by atoms with Crippen LogP contribution in [-0.4, -0.2) is 27.8 Å². The molecule has 7 heteroatoms. The molecule has 0 unspecified atom stereocenters. The number of hydrogen-bond donors (Lipinski definition) is 2. The Balaban J connectivity index is 1.54. The summed E-state index contributed by atoms with van der Waals surface area (Å²) in [5.41, 5.74) is 1.89. The zero-order chi connectivity index (χ0) is 19.1. The van der Waals surface area contributed by atoms with E-state index in [-0.39, 0.29) is 11.9 Å². The lowest BCUT2D eigenvalue weighted by Crippen LogP contribution is -2.09. The van der Waals surface area contributed by atoms with E-state index in [1.54, 1.807) is 18.3 Å². The topological polar surface area (TPSA) is 72.0 Å². The first-order valence-electron chi connectivity index (χ1n) is 8.80. The van der Waals surface area contributed by atoms with Crippen LogP contribution in [0.3, 0.4) is 0 Å². The first kappa shape index (κ1) is 18.6. The number of hydrogen-bond acceptors (Lipinski definition) is 6. The Morgan fingerprint density at radius 1 is 1.04 bits per heavy atom. The van der Waals surface area contributed by atoms with E-state index in [1.165, 1.54) is 12.1 Å². The Bertz CT molecular complexity index is 853. The average Bonchev–Trinajstić information content (AvgIpc) is 2.65. The van der Waals surface area contributed by atoms with Crippen molar-refractivity contribution >= 4 is 17.5 Å². The number of halogens is 1. The van der Waals surface area contributed by atoms with Crippen LogP contribution in [0.25, 0.3) is 0 Å². The molecule has 3 rings (SSSR count). The number of benzene rings is 2. The van der Waals surface area contributed by atoms with Crippen LogP contribution in [0.4, 0.5) is 21.8 Å². The normalized spacial score (nSPS) is 10.7. The van der Waals surface area contributed by atoms with Gasteiger partial charge in [0.25, 0.3) is 0 Å². The van der Waals surface area contributed by atoms with E-state index < -0.39 is 0 Å². The quantitative estimate of drug-likeness (QED) is 0.622. The summed E-state index contributed by atoms with van der Waals surface area (Å²) in [6.45, 7) is 4.63. The van der Waals surface area contributed by atoms with Crippen LogP contribution < -0.4 is 15.4 Å². The molecule has 0 saturated carbocycles. The predicted molar refractivity (Wildman–Crippen MR) is 104 cm³/mol. The Hall–Kier alpha value is -3.22. The highest BCUT2D eigenvalue weighted by Crippen LogP contribution is 2.19. The largest absolute Gasteiger partial charge is 0.491 e. The second kappa shape index (κ2) is 8.93. The van der Waals surface area contributed by atoms with Gasteiger partial charge in [-0.15, -0.1) is 5.10 Å². The first-order chi connectivity index (χ1) is 13.1. The molecule has 0 atom stereocenters. The van der Waals surface area contributed by atoms with Crippen molar-refractivity contribution in [3.05, 3.63) is 66.1 Å². The molecule has 0 aliphatic rings. The van der Waals surface area contributed by atoms with Crippen molar-refractivity contribution in [3.8, 4) is 5.75 Å². The lowest BCUT2D eigenvalue weighted by molar-refractivity contribution is 0.242. The molecule has 0 bridgehead atoms. The van der Waals surface area contributed by atoms with E-state index in [4.69, 9.17) is 4.74 Å². The zero-order valence-corrected chi connectivity index (χ0v) is 15.3. The van der Waals surface area contributed by atoms with Crippen molar-refractivity contribution in [2.75, 3.05) is 17.2 Å². The zero-order valence-electron chi connectivity index (χ0n) is 15.3. The van der Waals surface area contributed by atoms with Crippen LogP contribution in [0.1, 0.15) is 19.4 Å². The SMILES string of the molecule is CC(C)Oc1ccc(Nc2nncc(NCCc3ccc(F)cc3)n2)cc1. The summed E-state index contributed by atoms with van der Waals surface area (Å²) in [7, 11) is 0. The van der Waals surface area contributed by atoms with Crippen LogP contribution in [0.5, 0.6) is 5.75 Å². The molecule has 0 fully saturated rings. The number of ether oxygens (including phenoxy) is 1. The van der Waals surface area contributed by atoms with Crippen molar-refractivity contribution in [2.24, 2.45) is 0 Å². The van der Waals surface area contributed by atoms with Gasteiger partial charge in [0.05, 0.1) is 12.3 Å². The Morgan fingerprint density at radius 3 is 2.48 bits per heavy atom. The third-order valence-corrected chi connectivity index (χ3v) is 3.67. The van der Waals surface area contributed by atoms with Gasteiger partial charge < -0.3 is 15.4 Å². The lowest BCUT2D eigenvalue weighted by atomic mass is 10.1. The van der Waals surface area contributed by atoms with Crippen molar-refractivity contribution in [1.82, 2.24) is 15.2 Å². The summed E-state index contributed by atoms with van der Waals surface area (Å²) in [5, 5.41) is 14.3. The molecule has 2 aromatic carbocycles. The van der Waals surface area contributed by atoms with E-state index in [0.717, 1.165) is 23.4 Å². The van der Waals surface area contributed by atoms with Crippen molar-refractivity contribution in [2.45, 2.75) is 26.4 Å². The van der Waals surface area contributed by atoms with E-state index in [9.17, 15) is 4.39 Å². The third kappa shape index (κ3) is 5.91. The molecule has 0 aliphatic heterocycles. The minimum absolute atomic E-state index is 0.133. The molecule has 27 heavy (non-hydrogen) atoms. The molecule has 3 aromatic rings. The standard InChI is InChI=1S/C20H22FN5O/c1-14(2)27-18-9-7-17(8-10-18)24-20-25-19(13-23-26-20)22-12-11-15-3-5-16(21)6-4-15/h3-10,13-14H,11-12H2,1-2H3,(H2,22,24,25,26). The first-order valence-corrected chi connectivity index (χ1v) is 8.80. The van der Waals surface area contributed by atoms with Gasteiger partial charge in [-0.05, 0) is 62.2 Å². The Morgan fingerprint density at radius 2 is 1.78 bits per heavy atom. The van der Waals surface area contributed by atoms with E-state index in [1.807, 2.05) is 38.1 Å². The molecule has 0 saturated heterocycles. The van der Waals surface area contributed by atoms with Gasteiger partial charge in [-0.1, -0.05) is 12.1 Å². The fourth-order valence-corrected chi connectivity index (χ4v) is 2.45. The van der Waals surface area contributed by atoms with Gasteiger partial charge in [0.15, 0.2) is 5.82 Å². The Kier molecular flexibility index (Phi) is 6.14. The van der Waals surface area contributed by atoms with Gasteiger partial charge >= 0.3 is 0 Å². The highest BCUT2D eigenvalue weighted by Gasteiger charge is 2.03. The van der Waals surface area contributed by atoms with Crippen LogP contribution in [0.2, 0.25) is 0 Å². The van der Waals surface area contributed by atoms with E-state index in [0.29, 0.717) is 18.3 Å². The van der Waals surface area contributed by atoms with Crippen LogP contribution in [0, 0.1) is 5.82 Å². The Labute approximate surface area is 157 Å².